The van der Waals surface area contributed by atoms with Gasteiger partial charge in [-0.3, -0.25) is 14.6 Å². The number of hydrogen-bond acceptors (Lipinski definition) is 5. The maximum atomic E-state index is 11.6. The fourth-order valence-electron chi connectivity index (χ4n) is 2.17. The van der Waals surface area contributed by atoms with Gasteiger partial charge in [0.15, 0.2) is 18.9 Å². The fourth-order valence-corrected chi connectivity index (χ4v) is 2.17. The Bertz CT molecular complexity index is 686. The largest absolute Gasteiger partial charge is 0.469 e. The maximum Gasteiger partial charge on any atom is 0.311 e. The number of nitrogens with zero attached hydrogens (tertiary/aromatic N) is 2. The smallest absolute Gasteiger partial charge is 0.311 e. The summed E-state index contributed by atoms with van der Waals surface area (Å²) in [5.41, 5.74) is 2.15. The molecule has 0 bridgehead atoms. The van der Waals surface area contributed by atoms with Crippen LogP contribution in [0.3, 0.4) is 0 Å². The summed E-state index contributed by atoms with van der Waals surface area (Å²) in [6.45, 7) is 0.626. The van der Waals surface area contributed by atoms with E-state index in [1.165, 1.54) is 14.2 Å². The van der Waals surface area contributed by atoms with E-state index >= 15 is 0 Å². The number of pyridine rings is 2. The second-order valence-corrected chi connectivity index (χ2v) is 5.00. The van der Waals surface area contributed by atoms with Crippen molar-refractivity contribution in [1.82, 2.24) is 4.98 Å². The van der Waals surface area contributed by atoms with Crippen molar-refractivity contribution in [1.29, 1.82) is 0 Å². The molecule has 120 valence electrons. The summed E-state index contributed by atoms with van der Waals surface area (Å²) >= 11 is 0. The average Bonchev–Trinajstić information content (AvgIpc) is 2.57. The van der Waals surface area contributed by atoms with Gasteiger partial charge < -0.3 is 9.47 Å². The van der Waals surface area contributed by atoms with Crippen LogP contribution in [-0.4, -0.2) is 31.1 Å². The quantitative estimate of drug-likeness (QED) is 0.584. The molecule has 0 saturated carbocycles. The lowest BCUT2D eigenvalue weighted by Crippen LogP contribution is -2.33. The minimum Gasteiger partial charge on any atom is -0.469 e. The summed E-state index contributed by atoms with van der Waals surface area (Å²) in [4.78, 5) is 27.4. The second kappa shape index (κ2) is 8.03. The third-order valence-electron chi connectivity index (χ3n) is 3.36. The minimum absolute atomic E-state index is 0.0294. The highest BCUT2D eigenvalue weighted by molar-refractivity contribution is 5.75. The Hall–Kier alpha value is -2.76. The zero-order valence-electron chi connectivity index (χ0n) is 13.2. The van der Waals surface area contributed by atoms with Gasteiger partial charge in [-0.05, 0) is 11.6 Å². The van der Waals surface area contributed by atoms with E-state index in [9.17, 15) is 9.59 Å². The molecule has 0 saturated heterocycles. The predicted molar refractivity (Wildman–Crippen MR) is 81.4 cm³/mol. The van der Waals surface area contributed by atoms with Crippen molar-refractivity contribution >= 4 is 11.9 Å². The minimum atomic E-state index is -0.395. The lowest BCUT2D eigenvalue weighted by molar-refractivity contribution is -0.688. The molecule has 0 amide bonds. The second-order valence-electron chi connectivity index (χ2n) is 5.00. The van der Waals surface area contributed by atoms with Crippen LogP contribution in [0.1, 0.15) is 16.8 Å². The highest BCUT2D eigenvalue weighted by Crippen LogP contribution is 2.12. The molecule has 0 aliphatic carbocycles. The van der Waals surface area contributed by atoms with Crippen molar-refractivity contribution < 1.29 is 23.6 Å². The van der Waals surface area contributed by atoms with Crippen molar-refractivity contribution in [3.63, 3.8) is 0 Å². The summed E-state index contributed by atoms with van der Waals surface area (Å²) in [5, 5.41) is 0. The SMILES string of the molecule is COC(=O)Cc1cc(C[n+]2ccccc2)cnc1CC(=O)OC. The summed E-state index contributed by atoms with van der Waals surface area (Å²) in [6.07, 6.45) is 5.70. The van der Waals surface area contributed by atoms with E-state index < -0.39 is 5.97 Å². The standard InChI is InChI=1S/C17H19N2O4/c1-22-16(20)9-14-8-13(12-19-6-4-3-5-7-19)11-18-15(14)10-17(21)23-2/h3-8,11H,9-10,12H2,1-2H3/q+1. The Morgan fingerprint density at radius 3 is 2.35 bits per heavy atom. The van der Waals surface area contributed by atoms with Crippen LogP contribution in [0.4, 0.5) is 0 Å². The van der Waals surface area contributed by atoms with E-state index in [2.05, 4.69) is 9.72 Å². The van der Waals surface area contributed by atoms with Crippen molar-refractivity contribution in [2.45, 2.75) is 19.4 Å². The lowest BCUT2D eigenvalue weighted by atomic mass is 10.1. The maximum absolute atomic E-state index is 11.6. The topological polar surface area (TPSA) is 69.4 Å². The zero-order valence-corrected chi connectivity index (χ0v) is 13.2. The molecule has 2 heterocycles. The number of methoxy groups -OCH3 is 2. The van der Waals surface area contributed by atoms with Gasteiger partial charge in [0.25, 0.3) is 0 Å². The molecule has 0 N–H and O–H groups in total. The van der Waals surface area contributed by atoms with Crippen molar-refractivity contribution in [2.24, 2.45) is 0 Å². The Labute approximate surface area is 134 Å². The number of carbonyl (C=O) groups is 2. The van der Waals surface area contributed by atoms with Crippen LogP contribution in [0.2, 0.25) is 0 Å². The lowest BCUT2D eigenvalue weighted by Gasteiger charge is -2.09. The first kappa shape index (κ1) is 16.6. The summed E-state index contributed by atoms with van der Waals surface area (Å²) in [6, 6.07) is 7.70. The molecular weight excluding hydrogens is 296 g/mol. The van der Waals surface area contributed by atoms with E-state index in [4.69, 9.17) is 4.74 Å². The van der Waals surface area contributed by atoms with Gasteiger partial charge in [0, 0.05) is 23.9 Å². The third-order valence-corrected chi connectivity index (χ3v) is 3.36. The zero-order chi connectivity index (χ0) is 16.7. The molecule has 0 atom stereocenters. The number of carbonyl (C=O) groups excluding carboxylic acids is 2. The molecule has 6 nitrogen and oxygen atoms in total. The summed E-state index contributed by atoms with van der Waals surface area (Å²) in [7, 11) is 2.65. The average molecular weight is 315 g/mol. The molecule has 2 aromatic rings. The molecule has 2 rings (SSSR count). The first-order chi connectivity index (χ1) is 11.1. The number of rotatable bonds is 6. The van der Waals surface area contributed by atoms with E-state index in [0.717, 1.165) is 5.56 Å². The van der Waals surface area contributed by atoms with Crippen LogP contribution < -0.4 is 4.57 Å². The normalized spacial score (nSPS) is 10.2. The molecule has 2 aromatic heterocycles. The molecule has 23 heavy (non-hydrogen) atoms. The predicted octanol–water partition coefficient (Wildman–Crippen LogP) is 0.848. The first-order valence-corrected chi connectivity index (χ1v) is 7.16. The molecule has 0 spiro atoms. The van der Waals surface area contributed by atoms with Gasteiger partial charge >= 0.3 is 11.9 Å². The summed E-state index contributed by atoms with van der Waals surface area (Å²) in [5.74, 6) is -0.767. The molecule has 0 aromatic carbocycles. The molecule has 0 unspecified atom stereocenters. The van der Waals surface area contributed by atoms with Crippen LogP contribution >= 0.6 is 0 Å². The summed E-state index contributed by atoms with van der Waals surface area (Å²) < 4.78 is 11.4. The number of aromatic nitrogens is 2. The van der Waals surface area contributed by atoms with Gasteiger partial charge in [0.2, 0.25) is 0 Å². The van der Waals surface area contributed by atoms with Crippen molar-refractivity contribution in [2.75, 3.05) is 14.2 Å². The van der Waals surface area contributed by atoms with Gasteiger partial charge in [0.05, 0.1) is 32.8 Å². The van der Waals surface area contributed by atoms with E-state index in [1.54, 1.807) is 6.20 Å². The van der Waals surface area contributed by atoms with Crippen LogP contribution in [-0.2, 0) is 38.4 Å². The monoisotopic (exact) mass is 315 g/mol. The molecule has 0 radical (unpaired) electrons. The Balaban J connectivity index is 2.26. The van der Waals surface area contributed by atoms with E-state index in [0.29, 0.717) is 17.8 Å². The highest BCUT2D eigenvalue weighted by Gasteiger charge is 2.15. The van der Waals surface area contributed by atoms with Crippen LogP contribution in [0.25, 0.3) is 0 Å². The van der Waals surface area contributed by atoms with Gasteiger partial charge in [-0.1, -0.05) is 6.07 Å². The number of ether oxygens (including phenoxy) is 2. The van der Waals surface area contributed by atoms with E-state index in [-0.39, 0.29) is 18.8 Å². The molecule has 6 heteroatoms. The van der Waals surface area contributed by atoms with Gasteiger partial charge in [-0.15, -0.1) is 0 Å². The van der Waals surface area contributed by atoms with Crippen LogP contribution in [0.15, 0.2) is 42.9 Å². The van der Waals surface area contributed by atoms with Crippen LogP contribution in [0.5, 0.6) is 0 Å². The fraction of sp³-hybridized carbons (Fsp3) is 0.294. The van der Waals surface area contributed by atoms with Gasteiger partial charge in [-0.2, -0.15) is 0 Å². The van der Waals surface area contributed by atoms with Crippen molar-refractivity contribution in [3.8, 4) is 0 Å². The Morgan fingerprint density at radius 1 is 1.04 bits per heavy atom. The van der Waals surface area contributed by atoms with Crippen molar-refractivity contribution in [3.05, 3.63) is 59.7 Å². The number of hydrogen-bond donors (Lipinski definition) is 0. The number of esters is 2. The van der Waals surface area contributed by atoms with E-state index in [1.807, 2.05) is 41.2 Å². The highest BCUT2D eigenvalue weighted by atomic mass is 16.5. The Morgan fingerprint density at radius 2 is 1.70 bits per heavy atom. The van der Waals surface area contributed by atoms with Crippen LogP contribution in [0, 0.1) is 0 Å². The van der Waals surface area contributed by atoms with Gasteiger partial charge in [0.1, 0.15) is 0 Å². The molecule has 0 aliphatic heterocycles. The molecular formula is C17H19N2O4+. The molecule has 0 aliphatic rings. The third kappa shape index (κ3) is 4.88. The molecule has 0 fully saturated rings. The Kier molecular flexibility index (Phi) is 5.80. The first-order valence-electron chi connectivity index (χ1n) is 7.16. The van der Waals surface area contributed by atoms with Gasteiger partial charge in [-0.25, -0.2) is 4.57 Å².